The number of nitrogens with zero attached hydrogens (tertiary/aromatic N) is 1. The molecule has 6 nitrogen and oxygen atoms in total. The smallest absolute Gasteiger partial charge is 0.234 e. The first-order valence-corrected chi connectivity index (χ1v) is 10.2. The van der Waals surface area contributed by atoms with Crippen molar-refractivity contribution < 1.29 is 23.8 Å². The molecule has 1 heterocycles. The number of methoxy groups -OCH3 is 1. The van der Waals surface area contributed by atoms with Crippen molar-refractivity contribution in [2.75, 3.05) is 33.4 Å². The Morgan fingerprint density at radius 2 is 1.87 bits per heavy atom. The van der Waals surface area contributed by atoms with Crippen molar-refractivity contribution in [1.82, 2.24) is 10.2 Å². The van der Waals surface area contributed by atoms with Gasteiger partial charge in [-0.25, -0.2) is 4.39 Å². The van der Waals surface area contributed by atoms with Crippen LogP contribution >= 0.6 is 0 Å². The molecule has 3 rings (SSSR count). The van der Waals surface area contributed by atoms with E-state index in [-0.39, 0.29) is 24.8 Å². The maximum atomic E-state index is 13.7. The summed E-state index contributed by atoms with van der Waals surface area (Å²) in [4.78, 5) is 14.4. The molecule has 1 fully saturated rings. The number of hydrogen-bond donors (Lipinski definition) is 2. The van der Waals surface area contributed by atoms with Crippen LogP contribution in [0, 0.1) is 5.82 Å². The van der Waals surface area contributed by atoms with Gasteiger partial charge in [-0.15, -0.1) is 0 Å². The standard InChI is InChI=1S/C23H29FN2O4/c1-29-20-9-4-2-7-18(20)15-25-22(27)16-26-13-6-11-23(28,12-14-26)17-30-21-10-5-3-8-19(21)24/h2-5,7-10,28H,6,11-17H2,1H3,(H,25,27). The maximum Gasteiger partial charge on any atom is 0.234 e. The second-order valence-corrected chi connectivity index (χ2v) is 7.66. The minimum absolute atomic E-state index is 0.0295. The van der Waals surface area contributed by atoms with Crippen LogP contribution in [-0.2, 0) is 11.3 Å². The monoisotopic (exact) mass is 416 g/mol. The van der Waals surface area contributed by atoms with Crippen LogP contribution in [0.1, 0.15) is 24.8 Å². The largest absolute Gasteiger partial charge is 0.496 e. The summed E-state index contributed by atoms with van der Waals surface area (Å²) >= 11 is 0. The lowest BCUT2D eigenvalue weighted by atomic mass is 9.96. The van der Waals surface area contributed by atoms with E-state index in [1.807, 2.05) is 29.2 Å². The highest BCUT2D eigenvalue weighted by molar-refractivity contribution is 5.78. The quantitative estimate of drug-likeness (QED) is 0.693. The molecule has 1 unspecified atom stereocenters. The molecule has 162 valence electrons. The molecule has 1 aliphatic heterocycles. The molecule has 1 saturated heterocycles. The van der Waals surface area contributed by atoms with Crippen molar-refractivity contribution in [2.24, 2.45) is 0 Å². The number of carbonyl (C=O) groups excluding carboxylic acids is 1. The van der Waals surface area contributed by atoms with E-state index in [0.717, 1.165) is 17.7 Å². The molecule has 1 amide bonds. The van der Waals surface area contributed by atoms with Gasteiger partial charge in [0.15, 0.2) is 11.6 Å². The fraction of sp³-hybridized carbons (Fsp3) is 0.435. The zero-order chi connectivity index (χ0) is 21.4. The van der Waals surface area contributed by atoms with Gasteiger partial charge in [0.25, 0.3) is 0 Å². The number of ether oxygens (including phenoxy) is 2. The van der Waals surface area contributed by atoms with Crippen molar-refractivity contribution in [1.29, 1.82) is 0 Å². The van der Waals surface area contributed by atoms with Gasteiger partial charge < -0.3 is 19.9 Å². The van der Waals surface area contributed by atoms with Crippen molar-refractivity contribution in [2.45, 2.75) is 31.4 Å². The molecular weight excluding hydrogens is 387 g/mol. The molecular formula is C23H29FN2O4. The molecule has 0 bridgehead atoms. The number of carbonyl (C=O) groups is 1. The average Bonchev–Trinajstić information content (AvgIpc) is 2.93. The van der Waals surface area contributed by atoms with Crippen LogP contribution < -0.4 is 14.8 Å². The highest BCUT2D eigenvalue weighted by Gasteiger charge is 2.31. The van der Waals surface area contributed by atoms with Crippen LogP contribution in [0.25, 0.3) is 0 Å². The topological polar surface area (TPSA) is 71.0 Å². The molecule has 0 saturated carbocycles. The van der Waals surface area contributed by atoms with Crippen LogP contribution in [0.3, 0.4) is 0 Å². The number of para-hydroxylation sites is 2. The van der Waals surface area contributed by atoms with Crippen molar-refractivity contribution in [3.63, 3.8) is 0 Å². The van der Waals surface area contributed by atoms with Gasteiger partial charge in [0, 0.05) is 18.7 Å². The lowest BCUT2D eigenvalue weighted by molar-refractivity contribution is -0.122. The molecule has 2 N–H and O–H groups in total. The Kier molecular flexibility index (Phi) is 7.65. The predicted octanol–water partition coefficient (Wildman–Crippen LogP) is 2.75. The van der Waals surface area contributed by atoms with Crippen LogP contribution in [0.15, 0.2) is 48.5 Å². The fourth-order valence-electron chi connectivity index (χ4n) is 3.61. The number of amides is 1. The summed E-state index contributed by atoms with van der Waals surface area (Å²) in [5.41, 5.74) is -0.117. The second kappa shape index (κ2) is 10.4. The number of halogens is 1. The Morgan fingerprint density at radius 1 is 1.13 bits per heavy atom. The Hall–Kier alpha value is -2.64. The summed E-state index contributed by atoms with van der Waals surface area (Å²) in [7, 11) is 1.61. The highest BCUT2D eigenvalue weighted by atomic mass is 19.1. The van der Waals surface area contributed by atoms with E-state index in [1.54, 1.807) is 25.3 Å². The SMILES string of the molecule is COc1ccccc1CNC(=O)CN1CCCC(O)(COc2ccccc2F)CC1. The fourth-order valence-corrected chi connectivity index (χ4v) is 3.61. The van der Waals surface area contributed by atoms with Crippen molar-refractivity contribution >= 4 is 5.91 Å². The molecule has 1 atom stereocenters. The summed E-state index contributed by atoms with van der Waals surface area (Å²) in [6.45, 7) is 1.97. The summed E-state index contributed by atoms with van der Waals surface area (Å²) in [6, 6.07) is 13.7. The van der Waals surface area contributed by atoms with E-state index in [2.05, 4.69) is 5.32 Å². The molecule has 0 aromatic heterocycles. The van der Waals surface area contributed by atoms with E-state index < -0.39 is 11.4 Å². The first-order valence-electron chi connectivity index (χ1n) is 10.2. The number of hydrogen-bond acceptors (Lipinski definition) is 5. The molecule has 2 aromatic carbocycles. The molecule has 0 radical (unpaired) electrons. The summed E-state index contributed by atoms with van der Waals surface area (Å²) in [5.74, 6) is 0.368. The molecule has 1 aliphatic rings. The Morgan fingerprint density at radius 3 is 2.63 bits per heavy atom. The third kappa shape index (κ3) is 6.18. The Labute approximate surface area is 176 Å². The number of aliphatic hydroxyl groups is 1. The Balaban J connectivity index is 1.46. The van der Waals surface area contributed by atoms with Gasteiger partial charge in [-0.1, -0.05) is 30.3 Å². The first kappa shape index (κ1) is 22.1. The third-order valence-corrected chi connectivity index (χ3v) is 5.38. The predicted molar refractivity (Wildman–Crippen MR) is 112 cm³/mol. The molecule has 30 heavy (non-hydrogen) atoms. The number of likely N-dealkylation sites (tertiary alicyclic amines) is 1. The zero-order valence-corrected chi connectivity index (χ0v) is 17.3. The summed E-state index contributed by atoms with van der Waals surface area (Å²) in [6.07, 6.45) is 1.74. The van der Waals surface area contributed by atoms with Crippen molar-refractivity contribution in [3.8, 4) is 11.5 Å². The van der Waals surface area contributed by atoms with Crippen LogP contribution in [-0.4, -0.2) is 54.9 Å². The highest BCUT2D eigenvalue weighted by Crippen LogP contribution is 2.25. The van der Waals surface area contributed by atoms with Crippen molar-refractivity contribution in [3.05, 3.63) is 59.9 Å². The molecule has 0 aliphatic carbocycles. The van der Waals surface area contributed by atoms with Gasteiger partial charge in [-0.2, -0.15) is 0 Å². The van der Waals surface area contributed by atoms with Gasteiger partial charge in [-0.05, 0) is 44.0 Å². The number of benzene rings is 2. The third-order valence-electron chi connectivity index (χ3n) is 5.38. The lowest BCUT2D eigenvalue weighted by Gasteiger charge is -2.27. The van der Waals surface area contributed by atoms with Gasteiger partial charge in [0.2, 0.25) is 5.91 Å². The Bertz CT molecular complexity index is 847. The van der Waals surface area contributed by atoms with Gasteiger partial charge in [0.05, 0.1) is 19.3 Å². The molecule has 0 spiro atoms. The first-order chi connectivity index (χ1) is 14.5. The lowest BCUT2D eigenvalue weighted by Crippen LogP contribution is -2.40. The summed E-state index contributed by atoms with van der Waals surface area (Å²) in [5, 5.41) is 13.8. The minimum Gasteiger partial charge on any atom is -0.496 e. The number of rotatable bonds is 8. The molecule has 7 heteroatoms. The van der Waals surface area contributed by atoms with Gasteiger partial charge in [-0.3, -0.25) is 9.69 Å². The second-order valence-electron chi connectivity index (χ2n) is 7.66. The minimum atomic E-state index is -1.04. The van der Waals surface area contributed by atoms with E-state index in [0.29, 0.717) is 32.5 Å². The van der Waals surface area contributed by atoms with Gasteiger partial charge in [0.1, 0.15) is 12.4 Å². The molecule has 2 aromatic rings. The van der Waals surface area contributed by atoms with E-state index in [9.17, 15) is 14.3 Å². The van der Waals surface area contributed by atoms with E-state index in [4.69, 9.17) is 9.47 Å². The van der Waals surface area contributed by atoms with Crippen LogP contribution in [0.2, 0.25) is 0 Å². The van der Waals surface area contributed by atoms with Crippen LogP contribution in [0.4, 0.5) is 4.39 Å². The average molecular weight is 416 g/mol. The van der Waals surface area contributed by atoms with E-state index >= 15 is 0 Å². The normalized spacial score (nSPS) is 19.7. The van der Waals surface area contributed by atoms with E-state index in [1.165, 1.54) is 6.07 Å². The van der Waals surface area contributed by atoms with Gasteiger partial charge >= 0.3 is 0 Å². The zero-order valence-electron chi connectivity index (χ0n) is 17.3. The number of nitrogens with one attached hydrogen (secondary N) is 1. The maximum absolute atomic E-state index is 13.7. The van der Waals surface area contributed by atoms with Crippen LogP contribution in [0.5, 0.6) is 11.5 Å². The summed E-state index contributed by atoms with van der Waals surface area (Å²) < 4.78 is 24.6.